The molecule has 1 fully saturated rings. The first-order valence-electron chi connectivity index (χ1n) is 4.63. The second kappa shape index (κ2) is 4.61. The van der Waals surface area contributed by atoms with Crippen LogP contribution in [0.25, 0.3) is 0 Å². The van der Waals surface area contributed by atoms with E-state index in [9.17, 15) is 9.18 Å². The molecule has 0 saturated carbocycles. The third-order valence-electron chi connectivity index (χ3n) is 2.27. The summed E-state index contributed by atoms with van der Waals surface area (Å²) >= 11 is 7.17. The molecule has 2 atom stereocenters. The average molecular weight is 262 g/mol. The van der Waals surface area contributed by atoms with Gasteiger partial charge in [0.1, 0.15) is 11.9 Å². The minimum absolute atomic E-state index is 0.214. The van der Waals surface area contributed by atoms with Crippen molar-refractivity contribution in [1.29, 1.82) is 0 Å². The highest BCUT2D eigenvalue weighted by atomic mass is 35.5. The number of carboxylic acids is 1. The molecule has 0 amide bonds. The van der Waals surface area contributed by atoms with Crippen molar-refractivity contribution < 1.29 is 14.3 Å². The molecule has 1 aliphatic rings. The maximum absolute atomic E-state index is 13.1. The highest BCUT2D eigenvalue weighted by molar-refractivity contribution is 7.99. The molecule has 0 spiro atoms. The van der Waals surface area contributed by atoms with Gasteiger partial charge < -0.3 is 5.11 Å². The maximum Gasteiger partial charge on any atom is 0.321 e. The van der Waals surface area contributed by atoms with E-state index in [-0.39, 0.29) is 5.37 Å². The number of nitrogens with one attached hydrogen (secondary N) is 1. The lowest BCUT2D eigenvalue weighted by Crippen LogP contribution is -2.33. The Bertz CT molecular complexity index is 409. The van der Waals surface area contributed by atoms with Crippen molar-refractivity contribution in [3.05, 3.63) is 34.6 Å². The van der Waals surface area contributed by atoms with Crippen molar-refractivity contribution in [2.45, 2.75) is 11.4 Å². The van der Waals surface area contributed by atoms with Crippen molar-refractivity contribution in [2.75, 3.05) is 5.75 Å². The second-order valence-electron chi connectivity index (χ2n) is 3.47. The zero-order valence-corrected chi connectivity index (χ0v) is 9.69. The largest absolute Gasteiger partial charge is 0.480 e. The van der Waals surface area contributed by atoms with E-state index >= 15 is 0 Å². The number of benzene rings is 1. The predicted octanol–water partition coefficient (Wildman–Crippen LogP) is 2.27. The lowest BCUT2D eigenvalue weighted by atomic mass is 10.2. The van der Waals surface area contributed by atoms with Crippen molar-refractivity contribution in [2.24, 2.45) is 0 Å². The molecule has 2 N–H and O–H groups in total. The van der Waals surface area contributed by atoms with Gasteiger partial charge >= 0.3 is 5.97 Å². The van der Waals surface area contributed by atoms with Gasteiger partial charge in [-0.25, -0.2) is 4.39 Å². The standard InChI is InChI=1S/C10H9ClFNO2S/c11-6-1-5(2-7(12)3-6)9-13-8(4-16-9)10(14)15/h1-3,8-9,13H,4H2,(H,14,15)/t8-,9?/m1/s1. The molecule has 16 heavy (non-hydrogen) atoms. The fourth-order valence-corrected chi connectivity index (χ4v) is 2.98. The first-order valence-corrected chi connectivity index (χ1v) is 6.05. The van der Waals surface area contributed by atoms with E-state index in [4.69, 9.17) is 16.7 Å². The number of carboxylic acid groups (broad SMARTS) is 1. The van der Waals surface area contributed by atoms with E-state index in [0.29, 0.717) is 16.3 Å². The van der Waals surface area contributed by atoms with Crippen LogP contribution in [0.3, 0.4) is 0 Å². The first kappa shape index (κ1) is 11.7. The van der Waals surface area contributed by atoms with E-state index in [0.717, 1.165) is 0 Å². The van der Waals surface area contributed by atoms with Crippen molar-refractivity contribution >= 4 is 29.3 Å². The molecule has 3 nitrogen and oxygen atoms in total. The summed E-state index contributed by atoms with van der Waals surface area (Å²) in [6, 6.07) is 3.64. The Balaban J connectivity index is 2.17. The van der Waals surface area contributed by atoms with Gasteiger partial charge in [-0.3, -0.25) is 10.1 Å². The van der Waals surface area contributed by atoms with Crippen molar-refractivity contribution in [1.82, 2.24) is 5.32 Å². The van der Waals surface area contributed by atoms with Gasteiger partial charge in [0.25, 0.3) is 0 Å². The Hall–Kier alpha value is -0.780. The van der Waals surface area contributed by atoms with Crippen LogP contribution in [0.2, 0.25) is 5.02 Å². The molecule has 0 radical (unpaired) electrons. The normalized spacial score (nSPS) is 24.6. The summed E-state index contributed by atoms with van der Waals surface area (Å²) in [6.45, 7) is 0. The fraction of sp³-hybridized carbons (Fsp3) is 0.300. The van der Waals surface area contributed by atoms with Crippen LogP contribution in [0.4, 0.5) is 4.39 Å². The number of rotatable bonds is 2. The minimum Gasteiger partial charge on any atom is -0.480 e. The summed E-state index contributed by atoms with van der Waals surface area (Å²) in [4.78, 5) is 10.7. The van der Waals surface area contributed by atoms with E-state index in [1.54, 1.807) is 6.07 Å². The molecule has 0 aliphatic carbocycles. The van der Waals surface area contributed by atoms with Crippen LogP contribution < -0.4 is 5.32 Å². The molecular weight excluding hydrogens is 253 g/mol. The van der Waals surface area contributed by atoms with Crippen molar-refractivity contribution in [3.63, 3.8) is 0 Å². The van der Waals surface area contributed by atoms with Crippen LogP contribution in [-0.2, 0) is 4.79 Å². The summed E-state index contributed by atoms with van der Waals surface area (Å²) in [5, 5.41) is 11.8. The van der Waals surface area contributed by atoms with Crippen LogP contribution in [0.15, 0.2) is 18.2 Å². The molecule has 86 valence electrons. The second-order valence-corrected chi connectivity index (χ2v) is 5.05. The first-order chi connectivity index (χ1) is 7.56. The summed E-state index contributed by atoms with van der Waals surface area (Å²) < 4.78 is 13.1. The van der Waals surface area contributed by atoms with E-state index < -0.39 is 17.8 Å². The lowest BCUT2D eigenvalue weighted by Gasteiger charge is -2.11. The van der Waals surface area contributed by atoms with Crippen LogP contribution in [-0.4, -0.2) is 22.9 Å². The average Bonchev–Trinajstić information content (AvgIpc) is 2.64. The topological polar surface area (TPSA) is 49.3 Å². The Morgan fingerprint density at radius 2 is 2.31 bits per heavy atom. The van der Waals surface area contributed by atoms with Crippen LogP contribution >= 0.6 is 23.4 Å². The van der Waals surface area contributed by atoms with Crippen LogP contribution in [0.1, 0.15) is 10.9 Å². The Morgan fingerprint density at radius 3 is 2.88 bits per heavy atom. The predicted molar refractivity (Wildman–Crippen MR) is 61.2 cm³/mol. The van der Waals surface area contributed by atoms with Gasteiger partial charge in [0.15, 0.2) is 0 Å². The highest BCUT2D eigenvalue weighted by Crippen LogP contribution is 2.34. The quantitative estimate of drug-likeness (QED) is 0.858. The molecule has 0 aromatic heterocycles. The minimum atomic E-state index is -0.891. The van der Waals surface area contributed by atoms with E-state index in [2.05, 4.69) is 5.32 Å². The molecule has 0 bridgehead atoms. The molecule has 1 aliphatic heterocycles. The zero-order valence-electron chi connectivity index (χ0n) is 8.11. The van der Waals surface area contributed by atoms with Gasteiger partial charge in [-0.2, -0.15) is 0 Å². The van der Waals surface area contributed by atoms with Gasteiger partial charge in [0, 0.05) is 10.8 Å². The van der Waals surface area contributed by atoms with E-state index in [1.807, 2.05) is 0 Å². The summed E-state index contributed by atoms with van der Waals surface area (Å²) in [6.07, 6.45) is 0. The Labute approximate surface area is 101 Å². The van der Waals surface area contributed by atoms with Gasteiger partial charge in [-0.05, 0) is 23.8 Å². The number of thioether (sulfide) groups is 1. The molecule has 1 heterocycles. The lowest BCUT2D eigenvalue weighted by molar-refractivity contribution is -0.138. The number of carbonyl (C=O) groups is 1. The van der Waals surface area contributed by atoms with E-state index in [1.165, 1.54) is 23.9 Å². The van der Waals surface area contributed by atoms with Crippen LogP contribution in [0.5, 0.6) is 0 Å². The zero-order chi connectivity index (χ0) is 11.7. The monoisotopic (exact) mass is 261 g/mol. The Kier molecular flexibility index (Phi) is 3.37. The number of aliphatic carboxylic acids is 1. The highest BCUT2D eigenvalue weighted by Gasteiger charge is 2.30. The number of hydrogen-bond donors (Lipinski definition) is 2. The fourth-order valence-electron chi connectivity index (χ4n) is 1.53. The third-order valence-corrected chi connectivity index (χ3v) is 3.75. The molecule has 1 aromatic carbocycles. The molecule has 2 rings (SSSR count). The van der Waals surface area contributed by atoms with Crippen molar-refractivity contribution in [3.8, 4) is 0 Å². The molecule has 1 unspecified atom stereocenters. The Morgan fingerprint density at radius 1 is 1.56 bits per heavy atom. The van der Waals surface area contributed by atoms with Gasteiger partial charge in [-0.15, -0.1) is 11.8 Å². The SMILES string of the molecule is O=C(O)[C@H]1CSC(c2cc(F)cc(Cl)c2)N1. The van der Waals surface area contributed by atoms with Gasteiger partial charge in [-0.1, -0.05) is 11.6 Å². The number of halogens is 2. The molecule has 6 heteroatoms. The summed E-state index contributed by atoms with van der Waals surface area (Å²) in [7, 11) is 0. The summed E-state index contributed by atoms with van der Waals surface area (Å²) in [5.74, 6) is -0.838. The maximum atomic E-state index is 13.1. The molecule has 1 aromatic rings. The third kappa shape index (κ3) is 2.48. The molecular formula is C10H9ClFNO2S. The molecule has 1 saturated heterocycles. The van der Waals surface area contributed by atoms with Crippen LogP contribution in [0, 0.1) is 5.82 Å². The smallest absolute Gasteiger partial charge is 0.321 e. The van der Waals surface area contributed by atoms with Gasteiger partial charge in [0.05, 0.1) is 5.37 Å². The van der Waals surface area contributed by atoms with Gasteiger partial charge in [0.2, 0.25) is 0 Å². The number of hydrogen-bond acceptors (Lipinski definition) is 3. The summed E-state index contributed by atoms with van der Waals surface area (Å²) in [5.41, 5.74) is 0.666.